The molecule has 1 aliphatic carbocycles. The standard InChI is InChI=1S/C22H25NO3S/c1-14-20(25)21(26)17-13-18(16-9-3-2-4-10-16)27-22(17)23(14)19(24)12-11-15-7-5-6-8-15/h2-4,9-10,13-15,25-26H,5-8,11-12H2,1H3. The van der Waals surface area contributed by atoms with Crippen molar-refractivity contribution in [1.82, 2.24) is 0 Å². The monoisotopic (exact) mass is 383 g/mol. The number of carbonyl (C=O) groups is 1. The molecule has 2 aromatic rings. The van der Waals surface area contributed by atoms with E-state index >= 15 is 0 Å². The minimum atomic E-state index is -0.546. The van der Waals surface area contributed by atoms with Crippen LogP contribution in [0.2, 0.25) is 0 Å². The number of nitrogens with zero attached hydrogens (tertiary/aromatic N) is 1. The van der Waals surface area contributed by atoms with Crippen molar-refractivity contribution in [2.75, 3.05) is 4.90 Å². The summed E-state index contributed by atoms with van der Waals surface area (Å²) in [6, 6.07) is 11.2. The summed E-state index contributed by atoms with van der Waals surface area (Å²) in [5, 5.41) is 21.6. The van der Waals surface area contributed by atoms with E-state index in [1.807, 2.05) is 36.4 Å². The molecule has 1 aromatic carbocycles. The normalized spacial score (nSPS) is 20.2. The van der Waals surface area contributed by atoms with Crippen LogP contribution < -0.4 is 4.90 Å². The fourth-order valence-electron chi connectivity index (χ4n) is 4.19. The van der Waals surface area contributed by atoms with Gasteiger partial charge in [0.15, 0.2) is 11.5 Å². The summed E-state index contributed by atoms with van der Waals surface area (Å²) < 4.78 is 0. The molecule has 1 aliphatic heterocycles. The van der Waals surface area contributed by atoms with E-state index in [2.05, 4.69) is 0 Å². The largest absolute Gasteiger partial charge is 0.506 e. The number of rotatable bonds is 4. The predicted molar refractivity (Wildman–Crippen MR) is 110 cm³/mol. The summed E-state index contributed by atoms with van der Waals surface area (Å²) in [6.45, 7) is 1.77. The Morgan fingerprint density at radius 3 is 2.59 bits per heavy atom. The van der Waals surface area contributed by atoms with Crippen LogP contribution in [0.25, 0.3) is 16.2 Å². The van der Waals surface area contributed by atoms with Gasteiger partial charge in [0.2, 0.25) is 5.91 Å². The van der Waals surface area contributed by atoms with Gasteiger partial charge in [-0.3, -0.25) is 9.69 Å². The molecule has 0 radical (unpaired) electrons. The lowest BCUT2D eigenvalue weighted by Crippen LogP contribution is -2.42. The third-order valence-corrected chi connectivity index (χ3v) is 6.96. The highest BCUT2D eigenvalue weighted by Gasteiger charge is 2.36. The number of thiophene rings is 1. The maximum atomic E-state index is 13.0. The lowest BCUT2D eigenvalue weighted by Gasteiger charge is -2.32. The number of hydrogen-bond donors (Lipinski definition) is 2. The van der Waals surface area contributed by atoms with Crippen molar-refractivity contribution in [3.05, 3.63) is 47.7 Å². The second-order valence-electron chi connectivity index (χ2n) is 7.56. The fourth-order valence-corrected chi connectivity index (χ4v) is 5.45. The maximum Gasteiger partial charge on any atom is 0.228 e. The lowest BCUT2D eigenvalue weighted by atomic mass is 10.00. The Morgan fingerprint density at radius 1 is 1.19 bits per heavy atom. The van der Waals surface area contributed by atoms with Crippen LogP contribution in [0.3, 0.4) is 0 Å². The number of amides is 1. The number of aliphatic hydroxyl groups is 2. The fraction of sp³-hybridized carbons (Fsp3) is 0.409. The zero-order valence-corrected chi connectivity index (χ0v) is 16.3. The molecule has 1 unspecified atom stereocenters. The molecule has 1 saturated carbocycles. The SMILES string of the molecule is CC1C(O)=C(O)c2cc(-c3ccccc3)sc2N1C(=O)CCC1CCCC1. The van der Waals surface area contributed by atoms with Crippen LogP contribution in [0.15, 0.2) is 42.2 Å². The highest BCUT2D eigenvalue weighted by Crippen LogP contribution is 2.45. The van der Waals surface area contributed by atoms with Crippen molar-refractivity contribution in [3.63, 3.8) is 0 Å². The molecule has 1 aromatic heterocycles. The molecule has 1 atom stereocenters. The van der Waals surface area contributed by atoms with E-state index in [1.165, 1.54) is 37.0 Å². The Kier molecular flexibility index (Phi) is 4.96. The Hall–Kier alpha value is -2.27. The molecule has 5 heteroatoms. The van der Waals surface area contributed by atoms with Crippen LogP contribution in [0.1, 0.15) is 51.0 Å². The van der Waals surface area contributed by atoms with Gasteiger partial charge in [0.05, 0.1) is 11.6 Å². The first-order valence-electron chi connectivity index (χ1n) is 9.70. The predicted octanol–water partition coefficient (Wildman–Crippen LogP) is 5.91. The van der Waals surface area contributed by atoms with Gasteiger partial charge in [-0.1, -0.05) is 56.0 Å². The number of hydrogen-bond acceptors (Lipinski definition) is 4. The molecule has 27 heavy (non-hydrogen) atoms. The van der Waals surface area contributed by atoms with E-state index < -0.39 is 6.04 Å². The highest BCUT2D eigenvalue weighted by molar-refractivity contribution is 7.20. The van der Waals surface area contributed by atoms with Crippen LogP contribution in [0.4, 0.5) is 5.00 Å². The van der Waals surface area contributed by atoms with Gasteiger partial charge < -0.3 is 10.2 Å². The van der Waals surface area contributed by atoms with Crippen molar-refractivity contribution in [2.45, 2.75) is 51.5 Å². The van der Waals surface area contributed by atoms with Crippen LogP contribution in [-0.4, -0.2) is 22.2 Å². The van der Waals surface area contributed by atoms with Crippen LogP contribution in [-0.2, 0) is 4.79 Å². The van der Waals surface area contributed by atoms with E-state index in [9.17, 15) is 15.0 Å². The second-order valence-corrected chi connectivity index (χ2v) is 8.59. The van der Waals surface area contributed by atoms with Gasteiger partial charge >= 0.3 is 0 Å². The summed E-state index contributed by atoms with van der Waals surface area (Å²) in [4.78, 5) is 15.7. The highest BCUT2D eigenvalue weighted by atomic mass is 32.1. The molecule has 2 aliphatic rings. The summed E-state index contributed by atoms with van der Waals surface area (Å²) >= 11 is 1.49. The Morgan fingerprint density at radius 2 is 1.89 bits per heavy atom. The number of aliphatic hydroxyl groups excluding tert-OH is 2. The third kappa shape index (κ3) is 3.36. The molecule has 4 nitrogen and oxygen atoms in total. The first-order valence-corrected chi connectivity index (χ1v) is 10.5. The molecular formula is C22H25NO3S. The molecule has 1 fully saturated rings. The van der Waals surface area contributed by atoms with Crippen molar-refractivity contribution >= 4 is 28.0 Å². The minimum Gasteiger partial charge on any atom is -0.506 e. The molecular weight excluding hydrogens is 358 g/mol. The van der Waals surface area contributed by atoms with Crippen LogP contribution in [0.5, 0.6) is 0 Å². The number of anilines is 1. The molecule has 2 N–H and O–H groups in total. The van der Waals surface area contributed by atoms with Gasteiger partial charge in [-0.25, -0.2) is 0 Å². The van der Waals surface area contributed by atoms with Gasteiger partial charge in [0, 0.05) is 11.3 Å². The molecule has 4 rings (SSSR count). The van der Waals surface area contributed by atoms with E-state index in [0.29, 0.717) is 17.9 Å². The Bertz CT molecular complexity index is 865. The van der Waals surface area contributed by atoms with E-state index in [-0.39, 0.29) is 17.4 Å². The van der Waals surface area contributed by atoms with Gasteiger partial charge in [-0.2, -0.15) is 0 Å². The summed E-state index contributed by atoms with van der Waals surface area (Å²) in [7, 11) is 0. The molecule has 2 heterocycles. The van der Waals surface area contributed by atoms with Gasteiger partial charge in [-0.15, -0.1) is 11.3 Å². The van der Waals surface area contributed by atoms with Gasteiger partial charge in [-0.05, 0) is 30.9 Å². The van der Waals surface area contributed by atoms with Crippen molar-refractivity contribution in [1.29, 1.82) is 0 Å². The Labute approximate surface area is 163 Å². The van der Waals surface area contributed by atoms with E-state index in [4.69, 9.17) is 0 Å². The van der Waals surface area contributed by atoms with Crippen LogP contribution >= 0.6 is 11.3 Å². The van der Waals surface area contributed by atoms with Crippen LogP contribution in [0, 0.1) is 5.92 Å². The zero-order chi connectivity index (χ0) is 19.0. The molecule has 0 saturated heterocycles. The van der Waals surface area contributed by atoms with Gasteiger partial charge in [0.25, 0.3) is 0 Å². The van der Waals surface area contributed by atoms with Crippen molar-refractivity contribution in [3.8, 4) is 10.4 Å². The molecule has 0 bridgehead atoms. The lowest BCUT2D eigenvalue weighted by molar-refractivity contribution is -0.119. The first kappa shape index (κ1) is 18.1. The zero-order valence-electron chi connectivity index (χ0n) is 15.5. The summed E-state index contributed by atoms with van der Waals surface area (Å²) in [5.41, 5.74) is 1.58. The molecule has 142 valence electrons. The molecule has 1 amide bonds. The van der Waals surface area contributed by atoms with Crippen molar-refractivity contribution < 1.29 is 15.0 Å². The molecule has 0 spiro atoms. The third-order valence-electron chi connectivity index (χ3n) is 5.78. The van der Waals surface area contributed by atoms with Gasteiger partial charge in [0.1, 0.15) is 5.00 Å². The second kappa shape index (κ2) is 7.39. The number of carbonyl (C=O) groups excluding carboxylic acids is 1. The minimum absolute atomic E-state index is 0.0242. The Balaban J connectivity index is 1.65. The summed E-state index contributed by atoms with van der Waals surface area (Å²) in [5.74, 6) is 0.426. The quantitative estimate of drug-likeness (QED) is 0.690. The maximum absolute atomic E-state index is 13.0. The average Bonchev–Trinajstić information content (AvgIpc) is 3.35. The number of benzene rings is 1. The van der Waals surface area contributed by atoms with E-state index in [1.54, 1.807) is 11.8 Å². The first-order chi connectivity index (χ1) is 13.1. The average molecular weight is 384 g/mol. The summed E-state index contributed by atoms with van der Waals surface area (Å²) in [6.07, 6.45) is 6.37. The topological polar surface area (TPSA) is 60.8 Å². The smallest absolute Gasteiger partial charge is 0.228 e. The van der Waals surface area contributed by atoms with E-state index in [0.717, 1.165) is 21.9 Å². The number of fused-ring (bicyclic) bond motifs is 1. The van der Waals surface area contributed by atoms with Crippen molar-refractivity contribution in [2.24, 2.45) is 5.92 Å².